The van der Waals surface area contributed by atoms with Gasteiger partial charge in [0.2, 0.25) is 0 Å². The number of likely N-dealkylation sites (N-methyl/N-ethyl adjacent to an activating group) is 1. The fraction of sp³-hybridized carbons (Fsp3) is 0.571. The molecule has 1 saturated heterocycles. The number of ether oxygens (including phenoxy) is 1. The number of methoxy groups -OCH3 is 1. The molecule has 2 nitrogen and oxygen atoms in total. The standard InChI is InChI=1S/C14H21NOS/c1-15-14(12-6-7-17-10-12)9-11-4-3-5-13(8-11)16-2/h3-5,8,12,14-15H,6-7,9-10H2,1-2H3. The summed E-state index contributed by atoms with van der Waals surface area (Å²) in [5.74, 6) is 4.39. The molecule has 0 radical (unpaired) electrons. The van der Waals surface area contributed by atoms with Crippen molar-refractivity contribution in [3.8, 4) is 5.75 Å². The third kappa shape index (κ3) is 3.39. The average Bonchev–Trinajstić information content (AvgIpc) is 2.90. The normalized spacial score (nSPS) is 21.4. The minimum atomic E-state index is 0.595. The molecule has 17 heavy (non-hydrogen) atoms. The van der Waals surface area contributed by atoms with Crippen LogP contribution in [0.4, 0.5) is 0 Å². The summed E-state index contributed by atoms with van der Waals surface area (Å²) < 4.78 is 5.27. The third-order valence-electron chi connectivity index (χ3n) is 3.49. The summed E-state index contributed by atoms with van der Waals surface area (Å²) in [5, 5.41) is 3.48. The molecule has 1 N–H and O–H groups in total. The SMILES string of the molecule is CNC(Cc1cccc(OC)c1)C1CCSC1. The second kappa shape index (κ2) is 6.31. The first kappa shape index (κ1) is 12.8. The van der Waals surface area contributed by atoms with E-state index < -0.39 is 0 Å². The first-order valence-electron chi connectivity index (χ1n) is 6.21. The average molecular weight is 251 g/mol. The maximum Gasteiger partial charge on any atom is 0.119 e. The maximum absolute atomic E-state index is 5.27. The lowest BCUT2D eigenvalue weighted by Crippen LogP contribution is -2.35. The molecule has 1 fully saturated rings. The maximum atomic E-state index is 5.27. The summed E-state index contributed by atoms with van der Waals surface area (Å²) in [7, 11) is 3.80. The topological polar surface area (TPSA) is 21.3 Å². The van der Waals surface area contributed by atoms with E-state index in [4.69, 9.17) is 4.74 Å². The van der Waals surface area contributed by atoms with Gasteiger partial charge in [-0.05, 0) is 55.0 Å². The van der Waals surface area contributed by atoms with E-state index in [1.54, 1.807) is 7.11 Å². The van der Waals surface area contributed by atoms with E-state index in [0.29, 0.717) is 6.04 Å². The van der Waals surface area contributed by atoms with Crippen LogP contribution in [0.5, 0.6) is 5.75 Å². The number of nitrogens with one attached hydrogen (secondary N) is 1. The molecule has 0 aliphatic carbocycles. The van der Waals surface area contributed by atoms with Crippen molar-refractivity contribution in [3.05, 3.63) is 29.8 Å². The molecule has 1 aliphatic heterocycles. The summed E-state index contributed by atoms with van der Waals surface area (Å²) in [6.45, 7) is 0. The van der Waals surface area contributed by atoms with Crippen LogP contribution in [-0.4, -0.2) is 31.7 Å². The van der Waals surface area contributed by atoms with E-state index in [1.165, 1.54) is 23.5 Å². The summed E-state index contributed by atoms with van der Waals surface area (Å²) >= 11 is 2.08. The van der Waals surface area contributed by atoms with E-state index >= 15 is 0 Å². The van der Waals surface area contributed by atoms with Crippen LogP contribution in [0.25, 0.3) is 0 Å². The molecule has 1 aromatic carbocycles. The zero-order valence-electron chi connectivity index (χ0n) is 10.6. The fourth-order valence-corrected chi connectivity index (χ4v) is 3.77. The predicted octanol–water partition coefficient (Wildman–Crippen LogP) is 2.58. The van der Waals surface area contributed by atoms with Crippen molar-refractivity contribution < 1.29 is 4.74 Å². The molecule has 0 aromatic heterocycles. The van der Waals surface area contributed by atoms with Crippen LogP contribution >= 0.6 is 11.8 Å². The number of hydrogen-bond donors (Lipinski definition) is 1. The molecular formula is C14H21NOS. The summed E-state index contributed by atoms with van der Waals surface area (Å²) in [4.78, 5) is 0. The van der Waals surface area contributed by atoms with E-state index in [9.17, 15) is 0 Å². The van der Waals surface area contributed by atoms with Gasteiger partial charge in [0.15, 0.2) is 0 Å². The minimum Gasteiger partial charge on any atom is -0.497 e. The van der Waals surface area contributed by atoms with Crippen molar-refractivity contribution in [1.82, 2.24) is 5.32 Å². The molecule has 1 aromatic rings. The van der Waals surface area contributed by atoms with Crippen LogP contribution in [0.15, 0.2) is 24.3 Å². The Morgan fingerprint density at radius 1 is 1.53 bits per heavy atom. The molecule has 1 heterocycles. The van der Waals surface area contributed by atoms with Crippen molar-refractivity contribution in [1.29, 1.82) is 0 Å². The van der Waals surface area contributed by atoms with Gasteiger partial charge in [-0.2, -0.15) is 11.8 Å². The Bertz CT molecular complexity index is 350. The quantitative estimate of drug-likeness (QED) is 0.869. The van der Waals surface area contributed by atoms with E-state index in [1.807, 2.05) is 6.07 Å². The molecule has 0 bridgehead atoms. The van der Waals surface area contributed by atoms with Crippen molar-refractivity contribution in [2.45, 2.75) is 18.9 Å². The highest BCUT2D eigenvalue weighted by Crippen LogP contribution is 2.28. The van der Waals surface area contributed by atoms with Gasteiger partial charge in [-0.25, -0.2) is 0 Å². The first-order chi connectivity index (χ1) is 8.33. The van der Waals surface area contributed by atoms with Gasteiger partial charge in [0, 0.05) is 6.04 Å². The lowest BCUT2D eigenvalue weighted by atomic mass is 9.93. The Balaban J connectivity index is 2.01. The second-order valence-electron chi connectivity index (χ2n) is 4.57. The molecule has 2 atom stereocenters. The third-order valence-corrected chi connectivity index (χ3v) is 4.68. The van der Waals surface area contributed by atoms with E-state index in [-0.39, 0.29) is 0 Å². The van der Waals surface area contributed by atoms with Gasteiger partial charge in [0.05, 0.1) is 7.11 Å². The van der Waals surface area contributed by atoms with Crippen LogP contribution in [0.3, 0.4) is 0 Å². The van der Waals surface area contributed by atoms with Crippen molar-refractivity contribution >= 4 is 11.8 Å². The zero-order valence-corrected chi connectivity index (χ0v) is 11.4. The van der Waals surface area contributed by atoms with Gasteiger partial charge >= 0.3 is 0 Å². The molecule has 0 saturated carbocycles. The molecule has 1 aliphatic rings. The summed E-state index contributed by atoms with van der Waals surface area (Å²) in [6.07, 6.45) is 2.44. The van der Waals surface area contributed by atoms with Gasteiger partial charge in [-0.3, -0.25) is 0 Å². The van der Waals surface area contributed by atoms with Gasteiger partial charge in [-0.15, -0.1) is 0 Å². The molecular weight excluding hydrogens is 230 g/mol. The van der Waals surface area contributed by atoms with E-state index in [2.05, 4.69) is 42.3 Å². The monoisotopic (exact) mass is 251 g/mol. The van der Waals surface area contributed by atoms with Crippen molar-refractivity contribution in [2.24, 2.45) is 5.92 Å². The van der Waals surface area contributed by atoms with Crippen LogP contribution in [0.2, 0.25) is 0 Å². The summed E-state index contributed by atoms with van der Waals surface area (Å²) in [5.41, 5.74) is 1.36. The Morgan fingerprint density at radius 2 is 2.41 bits per heavy atom. The Hall–Kier alpha value is -0.670. The number of benzene rings is 1. The van der Waals surface area contributed by atoms with Gasteiger partial charge in [0.25, 0.3) is 0 Å². The lowest BCUT2D eigenvalue weighted by molar-refractivity contribution is 0.399. The van der Waals surface area contributed by atoms with E-state index in [0.717, 1.165) is 18.1 Å². The molecule has 94 valence electrons. The van der Waals surface area contributed by atoms with Crippen molar-refractivity contribution in [2.75, 3.05) is 25.7 Å². The number of thioether (sulfide) groups is 1. The lowest BCUT2D eigenvalue weighted by Gasteiger charge is -2.22. The number of hydrogen-bond acceptors (Lipinski definition) is 3. The van der Waals surface area contributed by atoms with Crippen LogP contribution in [0, 0.1) is 5.92 Å². The molecule has 0 spiro atoms. The smallest absolute Gasteiger partial charge is 0.119 e. The Morgan fingerprint density at radius 3 is 3.06 bits per heavy atom. The fourth-order valence-electron chi connectivity index (χ4n) is 2.43. The Kier molecular flexibility index (Phi) is 4.75. The first-order valence-corrected chi connectivity index (χ1v) is 7.37. The minimum absolute atomic E-state index is 0.595. The zero-order chi connectivity index (χ0) is 12.1. The largest absolute Gasteiger partial charge is 0.497 e. The highest BCUT2D eigenvalue weighted by molar-refractivity contribution is 7.99. The van der Waals surface area contributed by atoms with Crippen LogP contribution in [-0.2, 0) is 6.42 Å². The Labute approximate surface area is 108 Å². The van der Waals surface area contributed by atoms with Crippen LogP contribution in [0.1, 0.15) is 12.0 Å². The van der Waals surface area contributed by atoms with Crippen LogP contribution < -0.4 is 10.1 Å². The van der Waals surface area contributed by atoms with Crippen molar-refractivity contribution in [3.63, 3.8) is 0 Å². The summed E-state index contributed by atoms with van der Waals surface area (Å²) in [6, 6.07) is 9.01. The second-order valence-corrected chi connectivity index (χ2v) is 5.72. The van der Waals surface area contributed by atoms with Gasteiger partial charge in [-0.1, -0.05) is 12.1 Å². The number of rotatable bonds is 5. The molecule has 2 unspecified atom stereocenters. The van der Waals surface area contributed by atoms with Gasteiger partial charge in [0.1, 0.15) is 5.75 Å². The molecule has 3 heteroatoms. The van der Waals surface area contributed by atoms with Gasteiger partial charge < -0.3 is 10.1 Å². The highest BCUT2D eigenvalue weighted by Gasteiger charge is 2.24. The molecule has 0 amide bonds. The highest BCUT2D eigenvalue weighted by atomic mass is 32.2. The predicted molar refractivity (Wildman–Crippen MR) is 75.0 cm³/mol. The molecule has 2 rings (SSSR count).